The number of anilines is 1. The first kappa shape index (κ1) is 28.9. The van der Waals surface area contributed by atoms with Crippen molar-refractivity contribution in [3.63, 3.8) is 0 Å². The number of rotatable bonds is 11. The fourth-order valence-corrected chi connectivity index (χ4v) is 3.10. The van der Waals surface area contributed by atoms with Crippen molar-refractivity contribution in [1.29, 1.82) is 0 Å². The molecule has 0 aliphatic carbocycles. The number of hydrogen-bond donors (Lipinski definition) is 4. The Morgan fingerprint density at radius 2 is 2.18 bits per heavy atom. The standard InChI is InChI=1S/C23H31ClN6O2.C2H6/c1-5-7-19(32-4)12-20(15(2)25)23(27-14-17-8-6-9-26-13-17)28-22-11-18(29-30-22)10-21(24)16(3)31;1-2/h5-9,11,13,15,20,31H,1,10,12,14,25H2,2-4H3,(H2,27,28,29,30);1-2H3/b19-7+,21-16-;. The van der Waals surface area contributed by atoms with Crippen LogP contribution in [0.4, 0.5) is 5.82 Å². The summed E-state index contributed by atoms with van der Waals surface area (Å²) >= 11 is 6.06. The number of allylic oxidation sites excluding steroid dienone is 5. The predicted octanol–water partition coefficient (Wildman–Crippen LogP) is 5.48. The van der Waals surface area contributed by atoms with Gasteiger partial charge in [0, 0.05) is 49.0 Å². The van der Waals surface area contributed by atoms with E-state index in [0.29, 0.717) is 36.1 Å². The molecule has 186 valence electrons. The first-order valence-electron chi connectivity index (χ1n) is 11.2. The van der Waals surface area contributed by atoms with Crippen LogP contribution >= 0.6 is 11.6 Å². The molecule has 2 aromatic rings. The number of amidine groups is 1. The smallest absolute Gasteiger partial charge is 0.153 e. The maximum atomic E-state index is 9.53. The Kier molecular flexibility index (Phi) is 13.3. The normalized spacial score (nSPS) is 14.3. The monoisotopic (exact) mass is 488 g/mol. The number of ether oxygens (including phenoxy) is 1. The van der Waals surface area contributed by atoms with Crippen LogP contribution in [0, 0.1) is 5.92 Å². The number of aliphatic hydroxyl groups is 1. The van der Waals surface area contributed by atoms with Crippen molar-refractivity contribution in [2.24, 2.45) is 16.6 Å². The lowest BCUT2D eigenvalue weighted by Gasteiger charge is -2.24. The molecule has 2 unspecified atom stereocenters. The van der Waals surface area contributed by atoms with Crippen LogP contribution in [0.2, 0.25) is 0 Å². The summed E-state index contributed by atoms with van der Waals surface area (Å²) < 4.78 is 5.48. The molecule has 0 aromatic carbocycles. The van der Waals surface area contributed by atoms with E-state index in [-0.39, 0.29) is 17.7 Å². The van der Waals surface area contributed by atoms with Crippen LogP contribution < -0.4 is 11.1 Å². The number of hydrogen-bond acceptors (Lipinski definition) is 6. The fraction of sp³-hybridized carbons (Fsp3) is 0.400. The molecule has 2 rings (SSSR count). The first-order valence-corrected chi connectivity index (χ1v) is 11.6. The Morgan fingerprint density at radius 3 is 2.74 bits per heavy atom. The van der Waals surface area contributed by atoms with Gasteiger partial charge in [-0.15, -0.1) is 0 Å². The molecule has 34 heavy (non-hydrogen) atoms. The van der Waals surface area contributed by atoms with Gasteiger partial charge >= 0.3 is 0 Å². The number of pyridine rings is 1. The largest absolute Gasteiger partial charge is 0.511 e. The zero-order chi connectivity index (χ0) is 25.5. The molecule has 0 radical (unpaired) electrons. The summed E-state index contributed by atoms with van der Waals surface area (Å²) in [7, 11) is 1.62. The van der Waals surface area contributed by atoms with Gasteiger partial charge in [0.15, 0.2) is 5.82 Å². The third-order valence-corrected chi connectivity index (χ3v) is 5.16. The van der Waals surface area contributed by atoms with E-state index in [1.165, 1.54) is 0 Å². The van der Waals surface area contributed by atoms with E-state index >= 15 is 0 Å². The second-order valence-electron chi connectivity index (χ2n) is 7.38. The Morgan fingerprint density at radius 1 is 1.44 bits per heavy atom. The molecule has 2 atom stereocenters. The number of aromatic amines is 1. The van der Waals surface area contributed by atoms with Crippen molar-refractivity contribution >= 4 is 23.3 Å². The molecule has 0 saturated heterocycles. The molecule has 2 aromatic heterocycles. The van der Waals surface area contributed by atoms with Gasteiger partial charge < -0.3 is 20.9 Å². The molecular formula is C25H37ClN6O2. The summed E-state index contributed by atoms with van der Waals surface area (Å²) in [6, 6.07) is 5.44. The van der Waals surface area contributed by atoms with Gasteiger partial charge in [-0.25, -0.2) is 0 Å². The minimum absolute atomic E-state index is 0.0765. The minimum Gasteiger partial charge on any atom is -0.511 e. The minimum atomic E-state index is -0.216. The SMILES string of the molecule is C=C/C=C(\CC(C(=NCc1cccnc1)Nc1cc(C/C(Cl)=C(\C)O)[nH]n1)C(C)N)OC.CC. The molecule has 0 spiro atoms. The maximum Gasteiger partial charge on any atom is 0.153 e. The zero-order valence-corrected chi connectivity index (χ0v) is 21.4. The number of aliphatic hydroxyl groups excluding tert-OH is 1. The summed E-state index contributed by atoms with van der Waals surface area (Å²) in [5, 5.41) is 20.4. The molecule has 0 aliphatic rings. The lowest BCUT2D eigenvalue weighted by molar-refractivity contribution is 0.265. The van der Waals surface area contributed by atoms with Crippen LogP contribution in [0.1, 0.15) is 45.4 Å². The molecule has 2 heterocycles. The highest BCUT2D eigenvalue weighted by molar-refractivity contribution is 6.29. The van der Waals surface area contributed by atoms with Crippen LogP contribution in [-0.2, 0) is 17.7 Å². The molecule has 0 saturated carbocycles. The zero-order valence-electron chi connectivity index (χ0n) is 20.7. The van der Waals surface area contributed by atoms with E-state index in [1.54, 1.807) is 32.5 Å². The van der Waals surface area contributed by atoms with Gasteiger partial charge in [-0.3, -0.25) is 15.1 Å². The lowest BCUT2D eigenvalue weighted by atomic mass is 9.95. The lowest BCUT2D eigenvalue weighted by Crippen LogP contribution is -2.37. The Balaban J connectivity index is 0.00000281. The number of aliphatic imine (C=N–C) groups is 1. The number of nitrogens with zero attached hydrogens (tertiary/aromatic N) is 3. The van der Waals surface area contributed by atoms with E-state index in [4.69, 9.17) is 27.1 Å². The predicted molar refractivity (Wildman–Crippen MR) is 141 cm³/mol. The van der Waals surface area contributed by atoms with Crippen LogP contribution in [-0.4, -0.2) is 39.3 Å². The highest BCUT2D eigenvalue weighted by atomic mass is 35.5. The first-order chi connectivity index (χ1) is 16.3. The summed E-state index contributed by atoms with van der Waals surface area (Å²) in [5.41, 5.74) is 8.07. The molecule has 0 aliphatic heterocycles. The van der Waals surface area contributed by atoms with Crippen LogP contribution in [0.15, 0.2) is 70.9 Å². The van der Waals surface area contributed by atoms with Gasteiger partial charge in [0.1, 0.15) is 11.6 Å². The van der Waals surface area contributed by atoms with E-state index in [0.717, 1.165) is 17.0 Å². The van der Waals surface area contributed by atoms with E-state index in [2.05, 4.69) is 27.1 Å². The van der Waals surface area contributed by atoms with Gasteiger partial charge in [-0.05, 0) is 31.6 Å². The summed E-state index contributed by atoms with van der Waals surface area (Å²) in [4.78, 5) is 8.95. The van der Waals surface area contributed by atoms with Gasteiger partial charge in [-0.2, -0.15) is 5.10 Å². The second-order valence-corrected chi connectivity index (χ2v) is 7.83. The Labute approximate surface area is 207 Å². The number of methoxy groups -OCH3 is 1. The fourth-order valence-electron chi connectivity index (χ4n) is 2.96. The molecule has 0 bridgehead atoms. The quantitative estimate of drug-likeness (QED) is 0.144. The number of halogens is 1. The second kappa shape index (κ2) is 15.7. The van der Waals surface area contributed by atoms with Crippen LogP contribution in [0.3, 0.4) is 0 Å². The molecule has 8 nitrogen and oxygen atoms in total. The van der Waals surface area contributed by atoms with E-state index in [1.807, 2.05) is 45.0 Å². The van der Waals surface area contributed by atoms with E-state index in [9.17, 15) is 5.11 Å². The maximum absolute atomic E-state index is 9.53. The number of H-pyrrole nitrogens is 1. The van der Waals surface area contributed by atoms with Crippen LogP contribution in [0.25, 0.3) is 0 Å². The van der Waals surface area contributed by atoms with Crippen molar-refractivity contribution in [2.45, 2.75) is 53.1 Å². The number of aromatic nitrogens is 3. The van der Waals surface area contributed by atoms with Gasteiger partial charge in [0.05, 0.1) is 24.4 Å². The highest BCUT2D eigenvalue weighted by Gasteiger charge is 2.23. The molecular weight excluding hydrogens is 452 g/mol. The number of nitrogens with two attached hydrogens (primary N) is 1. The third kappa shape index (κ3) is 9.80. The summed E-state index contributed by atoms with van der Waals surface area (Å²) in [6.45, 7) is 11.6. The molecule has 0 amide bonds. The average Bonchev–Trinajstić information content (AvgIpc) is 3.27. The van der Waals surface area contributed by atoms with E-state index < -0.39 is 0 Å². The van der Waals surface area contributed by atoms with Crippen molar-refractivity contribution < 1.29 is 9.84 Å². The van der Waals surface area contributed by atoms with Gasteiger partial charge in [0.25, 0.3) is 0 Å². The topological polar surface area (TPSA) is 121 Å². The van der Waals surface area contributed by atoms with Crippen molar-refractivity contribution in [1.82, 2.24) is 15.2 Å². The Bertz CT molecular complexity index is 963. The molecule has 9 heteroatoms. The van der Waals surface area contributed by atoms with Gasteiger partial charge in [0.2, 0.25) is 0 Å². The summed E-state index contributed by atoms with van der Waals surface area (Å²) in [6.07, 6.45) is 7.87. The highest BCUT2D eigenvalue weighted by Crippen LogP contribution is 2.21. The number of nitrogens with one attached hydrogen (secondary N) is 2. The molecule has 0 fully saturated rings. The van der Waals surface area contributed by atoms with Crippen molar-refractivity contribution in [2.75, 3.05) is 12.4 Å². The molecule has 5 N–H and O–H groups in total. The third-order valence-electron chi connectivity index (χ3n) is 4.75. The van der Waals surface area contributed by atoms with Crippen molar-refractivity contribution in [3.05, 3.63) is 77.1 Å². The Hall–Kier alpha value is -3.10. The van der Waals surface area contributed by atoms with Crippen molar-refractivity contribution in [3.8, 4) is 0 Å². The summed E-state index contributed by atoms with van der Waals surface area (Å²) in [5.74, 6) is 1.90. The average molecular weight is 489 g/mol. The van der Waals surface area contributed by atoms with Crippen LogP contribution in [0.5, 0.6) is 0 Å². The van der Waals surface area contributed by atoms with Gasteiger partial charge in [-0.1, -0.05) is 44.2 Å².